The zero-order valence-corrected chi connectivity index (χ0v) is 7.03. The first-order chi connectivity index (χ1) is 6.04. The van der Waals surface area contributed by atoms with Crippen LogP contribution in [0.25, 0.3) is 0 Å². The van der Waals surface area contributed by atoms with Gasteiger partial charge in [0.05, 0.1) is 4.92 Å². The fourth-order valence-corrected chi connectivity index (χ4v) is 1.03. The van der Waals surface area contributed by atoms with Gasteiger partial charge >= 0.3 is 5.69 Å². The van der Waals surface area contributed by atoms with E-state index < -0.39 is 22.5 Å². The van der Waals surface area contributed by atoms with Crippen molar-refractivity contribution in [3.63, 3.8) is 0 Å². The summed E-state index contributed by atoms with van der Waals surface area (Å²) >= 11 is 0. The monoisotopic (exact) mass is 184 g/mol. The Labute approximate surface area is 74.3 Å². The van der Waals surface area contributed by atoms with E-state index in [1.165, 1.54) is 12.1 Å². The zero-order valence-electron chi connectivity index (χ0n) is 7.03. The smallest absolute Gasteiger partial charge is 0.305 e. The summed E-state index contributed by atoms with van der Waals surface area (Å²) in [4.78, 5) is 9.56. The van der Waals surface area contributed by atoms with Gasteiger partial charge in [-0.15, -0.1) is 0 Å². The number of hydrogen-bond donors (Lipinski definition) is 1. The van der Waals surface area contributed by atoms with Crippen LogP contribution in [0.2, 0.25) is 0 Å². The number of nitrogens with zero attached hydrogens (tertiary/aromatic N) is 1. The normalized spacial score (nSPS) is 12.5. The Balaban J connectivity index is 3.26. The van der Waals surface area contributed by atoms with E-state index in [0.717, 1.165) is 6.07 Å². The first-order valence-electron chi connectivity index (χ1n) is 3.72. The molecule has 1 aromatic carbocycles. The molecule has 70 valence electrons. The second-order valence-electron chi connectivity index (χ2n) is 2.73. The third-order valence-electron chi connectivity index (χ3n) is 1.70. The molecule has 0 spiro atoms. The van der Waals surface area contributed by atoms with Gasteiger partial charge in [-0.1, -0.05) is 12.1 Å². The average Bonchev–Trinajstić information content (AvgIpc) is 2.03. The maximum absolute atomic E-state index is 13.3. The molecule has 0 aromatic heterocycles. The van der Waals surface area contributed by atoms with Crippen molar-refractivity contribution < 1.29 is 9.31 Å². The highest BCUT2D eigenvalue weighted by Crippen LogP contribution is 2.23. The topological polar surface area (TPSA) is 69.2 Å². The zero-order chi connectivity index (χ0) is 10.0. The summed E-state index contributed by atoms with van der Waals surface area (Å²) in [5.74, 6) is -0.845. The number of benzene rings is 1. The van der Waals surface area contributed by atoms with Gasteiger partial charge in [-0.3, -0.25) is 10.1 Å². The fraction of sp³-hybridized carbons (Fsp3) is 0.250. The van der Waals surface area contributed by atoms with Crippen LogP contribution in [0.1, 0.15) is 18.5 Å². The lowest BCUT2D eigenvalue weighted by molar-refractivity contribution is -0.387. The van der Waals surface area contributed by atoms with Crippen molar-refractivity contribution in [1.82, 2.24) is 0 Å². The summed E-state index contributed by atoms with van der Waals surface area (Å²) in [6.07, 6.45) is 0. The Kier molecular flexibility index (Phi) is 2.57. The molecule has 0 aliphatic carbocycles. The van der Waals surface area contributed by atoms with Crippen molar-refractivity contribution in [2.75, 3.05) is 0 Å². The second-order valence-corrected chi connectivity index (χ2v) is 2.73. The second kappa shape index (κ2) is 3.49. The van der Waals surface area contributed by atoms with Crippen molar-refractivity contribution in [1.29, 1.82) is 0 Å². The van der Waals surface area contributed by atoms with Crippen LogP contribution >= 0.6 is 0 Å². The minimum Gasteiger partial charge on any atom is -0.324 e. The summed E-state index contributed by atoms with van der Waals surface area (Å²) in [7, 11) is 0. The molecule has 4 nitrogen and oxygen atoms in total. The molecule has 0 saturated heterocycles. The average molecular weight is 184 g/mol. The number of nitrogens with two attached hydrogens (primary N) is 1. The van der Waals surface area contributed by atoms with Gasteiger partial charge in [-0.25, -0.2) is 0 Å². The molecule has 0 radical (unpaired) electrons. The van der Waals surface area contributed by atoms with Crippen LogP contribution < -0.4 is 5.73 Å². The number of halogens is 1. The van der Waals surface area contributed by atoms with Crippen molar-refractivity contribution >= 4 is 5.69 Å². The summed E-state index contributed by atoms with van der Waals surface area (Å²) < 4.78 is 13.3. The quantitative estimate of drug-likeness (QED) is 0.562. The Morgan fingerprint density at radius 3 is 2.69 bits per heavy atom. The van der Waals surface area contributed by atoms with Crippen molar-refractivity contribution in [3.8, 4) is 0 Å². The van der Waals surface area contributed by atoms with Crippen molar-refractivity contribution in [2.24, 2.45) is 5.73 Å². The fourth-order valence-electron chi connectivity index (χ4n) is 1.03. The molecule has 1 rings (SSSR count). The number of nitro benzene ring substituents is 1. The Morgan fingerprint density at radius 1 is 1.62 bits per heavy atom. The van der Waals surface area contributed by atoms with Gasteiger partial charge in [0.1, 0.15) is 0 Å². The van der Waals surface area contributed by atoms with Crippen LogP contribution in [0, 0.1) is 15.9 Å². The molecular formula is C8H9FN2O2. The van der Waals surface area contributed by atoms with Crippen LogP contribution in [0.15, 0.2) is 18.2 Å². The van der Waals surface area contributed by atoms with E-state index in [1.807, 2.05) is 0 Å². The molecule has 13 heavy (non-hydrogen) atoms. The Hall–Kier alpha value is -1.49. The maximum Gasteiger partial charge on any atom is 0.305 e. The minimum absolute atomic E-state index is 0.161. The van der Waals surface area contributed by atoms with E-state index in [9.17, 15) is 14.5 Å². The molecule has 0 unspecified atom stereocenters. The molecule has 0 bridgehead atoms. The third-order valence-corrected chi connectivity index (χ3v) is 1.70. The molecule has 0 saturated carbocycles. The molecule has 0 aliphatic rings. The van der Waals surface area contributed by atoms with Gasteiger partial charge in [-0.05, 0) is 6.92 Å². The van der Waals surface area contributed by atoms with Gasteiger partial charge in [0, 0.05) is 17.7 Å². The van der Waals surface area contributed by atoms with Crippen molar-refractivity contribution in [3.05, 3.63) is 39.7 Å². The predicted octanol–water partition coefficient (Wildman–Crippen LogP) is 1.75. The van der Waals surface area contributed by atoms with E-state index in [1.54, 1.807) is 6.92 Å². The molecule has 0 aliphatic heterocycles. The van der Waals surface area contributed by atoms with Crippen molar-refractivity contribution in [2.45, 2.75) is 13.0 Å². The van der Waals surface area contributed by atoms with Gasteiger partial charge in [0.25, 0.3) is 0 Å². The van der Waals surface area contributed by atoms with Gasteiger partial charge in [0.2, 0.25) is 5.82 Å². The van der Waals surface area contributed by atoms with Crippen LogP contribution in [0.3, 0.4) is 0 Å². The lowest BCUT2D eigenvalue weighted by Gasteiger charge is -2.05. The van der Waals surface area contributed by atoms with Gasteiger partial charge < -0.3 is 5.73 Å². The van der Waals surface area contributed by atoms with Crippen LogP contribution in [0.5, 0.6) is 0 Å². The van der Waals surface area contributed by atoms with Gasteiger partial charge in [-0.2, -0.15) is 4.39 Å². The predicted molar refractivity (Wildman–Crippen MR) is 45.7 cm³/mol. The van der Waals surface area contributed by atoms with Crippen LogP contribution in [-0.2, 0) is 0 Å². The summed E-state index contributed by atoms with van der Waals surface area (Å²) in [6, 6.07) is 3.42. The Bertz CT molecular complexity index is 339. The lowest BCUT2D eigenvalue weighted by Crippen LogP contribution is -2.08. The van der Waals surface area contributed by atoms with E-state index in [4.69, 9.17) is 5.73 Å². The van der Waals surface area contributed by atoms with Gasteiger partial charge in [0.15, 0.2) is 0 Å². The maximum atomic E-state index is 13.3. The molecule has 0 amide bonds. The first-order valence-corrected chi connectivity index (χ1v) is 3.72. The molecule has 1 aromatic rings. The number of rotatable bonds is 2. The SMILES string of the molecule is C[C@@H](N)c1cccc([N+](=O)[O-])c1F. The van der Waals surface area contributed by atoms with Crippen LogP contribution in [0.4, 0.5) is 10.1 Å². The molecule has 5 heteroatoms. The standard InChI is InChI=1S/C8H9FN2O2/c1-5(10)6-3-2-4-7(8(6)9)11(12)13/h2-5H,10H2,1H3/t5-/m1/s1. The minimum atomic E-state index is -0.845. The number of nitro groups is 1. The third kappa shape index (κ3) is 1.81. The first kappa shape index (κ1) is 9.60. The van der Waals surface area contributed by atoms with E-state index >= 15 is 0 Å². The van der Waals surface area contributed by atoms with E-state index in [2.05, 4.69) is 0 Å². The molecule has 1 atom stereocenters. The largest absolute Gasteiger partial charge is 0.324 e. The Morgan fingerprint density at radius 2 is 2.23 bits per heavy atom. The summed E-state index contributed by atoms with van der Waals surface area (Å²) in [5, 5.41) is 10.3. The molecular weight excluding hydrogens is 175 g/mol. The highest BCUT2D eigenvalue weighted by Gasteiger charge is 2.18. The molecule has 0 heterocycles. The number of hydrogen-bond acceptors (Lipinski definition) is 3. The van der Waals surface area contributed by atoms with Crippen LogP contribution in [-0.4, -0.2) is 4.92 Å². The highest BCUT2D eigenvalue weighted by molar-refractivity contribution is 5.37. The molecule has 0 fully saturated rings. The summed E-state index contributed by atoms with van der Waals surface area (Å²) in [5.41, 5.74) is 5.05. The van der Waals surface area contributed by atoms with E-state index in [0.29, 0.717) is 0 Å². The van der Waals surface area contributed by atoms with E-state index in [-0.39, 0.29) is 5.56 Å². The highest BCUT2D eigenvalue weighted by atomic mass is 19.1. The summed E-state index contributed by atoms with van der Waals surface area (Å²) in [6.45, 7) is 1.57. The molecule has 2 N–H and O–H groups in total. The lowest BCUT2D eigenvalue weighted by atomic mass is 10.1.